The summed E-state index contributed by atoms with van der Waals surface area (Å²) in [5, 5.41) is 0.680. The molecule has 1 saturated heterocycles. The number of benzene rings is 1. The molecule has 3 heterocycles. The standard InChI is InChI=1S/C21H20N2O6/c1-26-16-3-4-17-15(10-20(24)29-18(17)11-16)13-28-21(25)14-2-5-19(22-12-14)23-6-8-27-9-7-23/h2-5,10-12H,6-9,13H2,1H3. The van der Waals surface area contributed by atoms with Crippen LogP contribution in [0, 0.1) is 0 Å². The third-order valence-corrected chi connectivity index (χ3v) is 4.71. The second-order valence-electron chi connectivity index (χ2n) is 6.53. The second-order valence-corrected chi connectivity index (χ2v) is 6.53. The van der Waals surface area contributed by atoms with E-state index in [4.69, 9.17) is 18.6 Å². The zero-order valence-corrected chi connectivity index (χ0v) is 15.9. The number of hydrogen-bond acceptors (Lipinski definition) is 8. The average Bonchev–Trinajstić information content (AvgIpc) is 2.77. The van der Waals surface area contributed by atoms with Gasteiger partial charge in [0.1, 0.15) is 23.8 Å². The van der Waals surface area contributed by atoms with Crippen LogP contribution < -0.4 is 15.3 Å². The van der Waals surface area contributed by atoms with Crippen molar-refractivity contribution >= 4 is 22.8 Å². The highest BCUT2D eigenvalue weighted by Crippen LogP contribution is 2.23. The first-order valence-electron chi connectivity index (χ1n) is 9.21. The van der Waals surface area contributed by atoms with Crippen molar-refractivity contribution in [3.63, 3.8) is 0 Å². The van der Waals surface area contributed by atoms with E-state index in [0.29, 0.717) is 41.1 Å². The van der Waals surface area contributed by atoms with Gasteiger partial charge in [-0.15, -0.1) is 0 Å². The van der Waals surface area contributed by atoms with E-state index in [1.54, 1.807) is 30.3 Å². The van der Waals surface area contributed by atoms with Crippen LogP contribution in [0.5, 0.6) is 5.75 Å². The molecule has 0 atom stereocenters. The number of esters is 1. The first-order valence-corrected chi connectivity index (χ1v) is 9.21. The molecule has 1 aliphatic heterocycles. The van der Waals surface area contributed by atoms with E-state index < -0.39 is 11.6 Å². The number of rotatable bonds is 5. The van der Waals surface area contributed by atoms with Crippen molar-refractivity contribution in [1.82, 2.24) is 4.98 Å². The Morgan fingerprint density at radius 3 is 2.72 bits per heavy atom. The Labute approximate surface area is 166 Å². The largest absolute Gasteiger partial charge is 0.497 e. The minimum absolute atomic E-state index is 0.0571. The number of pyridine rings is 1. The second kappa shape index (κ2) is 8.32. The molecule has 1 fully saturated rings. The number of morpholine rings is 1. The number of ether oxygens (including phenoxy) is 3. The summed E-state index contributed by atoms with van der Waals surface area (Å²) < 4.78 is 21.1. The van der Waals surface area contributed by atoms with Gasteiger partial charge in [-0.3, -0.25) is 0 Å². The lowest BCUT2D eigenvalue weighted by Gasteiger charge is -2.27. The summed E-state index contributed by atoms with van der Waals surface area (Å²) in [6.07, 6.45) is 1.50. The van der Waals surface area contributed by atoms with Crippen LogP contribution in [0.4, 0.5) is 5.82 Å². The molecule has 0 saturated carbocycles. The Bertz CT molecular complexity index is 1070. The Morgan fingerprint density at radius 2 is 2.00 bits per heavy atom. The molecule has 0 spiro atoms. The van der Waals surface area contributed by atoms with Gasteiger partial charge in [-0.2, -0.15) is 0 Å². The maximum Gasteiger partial charge on any atom is 0.340 e. The molecule has 0 amide bonds. The van der Waals surface area contributed by atoms with E-state index in [-0.39, 0.29) is 6.61 Å². The maximum absolute atomic E-state index is 12.4. The molecule has 3 aromatic rings. The summed E-state index contributed by atoms with van der Waals surface area (Å²) in [7, 11) is 1.53. The molecule has 0 unspecified atom stereocenters. The molecule has 0 aliphatic carbocycles. The van der Waals surface area contributed by atoms with E-state index in [1.165, 1.54) is 19.4 Å². The number of carbonyl (C=O) groups excluding carboxylic acids is 1. The Hall–Kier alpha value is -3.39. The predicted molar refractivity (Wildman–Crippen MR) is 105 cm³/mol. The lowest BCUT2D eigenvalue weighted by molar-refractivity contribution is 0.0473. The fraction of sp³-hybridized carbons (Fsp3) is 0.286. The summed E-state index contributed by atoms with van der Waals surface area (Å²) in [6.45, 7) is 2.81. The van der Waals surface area contributed by atoms with E-state index in [9.17, 15) is 9.59 Å². The third kappa shape index (κ3) is 4.22. The fourth-order valence-electron chi connectivity index (χ4n) is 3.17. The van der Waals surface area contributed by atoms with Crippen LogP contribution in [-0.4, -0.2) is 44.4 Å². The molecular weight excluding hydrogens is 376 g/mol. The van der Waals surface area contributed by atoms with Crippen molar-refractivity contribution in [2.45, 2.75) is 6.61 Å². The summed E-state index contributed by atoms with van der Waals surface area (Å²) >= 11 is 0. The van der Waals surface area contributed by atoms with Gasteiger partial charge in [0.15, 0.2) is 0 Å². The molecule has 8 heteroatoms. The summed E-state index contributed by atoms with van der Waals surface area (Å²) in [4.78, 5) is 30.7. The summed E-state index contributed by atoms with van der Waals surface area (Å²) in [5.41, 5.74) is 0.758. The molecule has 2 aromatic heterocycles. The highest BCUT2D eigenvalue weighted by Gasteiger charge is 2.15. The predicted octanol–water partition coefficient (Wildman–Crippen LogP) is 2.39. The molecule has 0 bridgehead atoms. The van der Waals surface area contributed by atoms with E-state index in [2.05, 4.69) is 9.88 Å². The van der Waals surface area contributed by atoms with Gasteiger partial charge in [-0.1, -0.05) is 0 Å². The van der Waals surface area contributed by atoms with Crippen molar-refractivity contribution in [3.8, 4) is 5.75 Å². The number of nitrogens with zero attached hydrogens (tertiary/aromatic N) is 2. The average molecular weight is 396 g/mol. The smallest absolute Gasteiger partial charge is 0.340 e. The zero-order valence-electron chi connectivity index (χ0n) is 15.9. The molecule has 1 aromatic carbocycles. The monoisotopic (exact) mass is 396 g/mol. The number of fused-ring (bicyclic) bond motifs is 1. The Morgan fingerprint density at radius 1 is 1.17 bits per heavy atom. The number of carbonyl (C=O) groups is 1. The van der Waals surface area contributed by atoms with Gasteiger partial charge < -0.3 is 23.5 Å². The van der Waals surface area contributed by atoms with Gasteiger partial charge >= 0.3 is 11.6 Å². The minimum atomic E-state index is -0.520. The first kappa shape index (κ1) is 18.9. The number of methoxy groups -OCH3 is 1. The lowest BCUT2D eigenvalue weighted by Crippen LogP contribution is -2.36. The lowest BCUT2D eigenvalue weighted by atomic mass is 10.1. The van der Waals surface area contributed by atoms with Crippen LogP contribution in [-0.2, 0) is 16.1 Å². The Balaban J connectivity index is 1.47. The normalized spacial score (nSPS) is 14.0. The molecule has 0 radical (unpaired) electrons. The van der Waals surface area contributed by atoms with Crippen molar-refractivity contribution in [2.24, 2.45) is 0 Å². The molecule has 0 N–H and O–H groups in total. The number of aromatic nitrogens is 1. The van der Waals surface area contributed by atoms with Gasteiger partial charge in [0.25, 0.3) is 0 Å². The van der Waals surface area contributed by atoms with Crippen molar-refractivity contribution in [3.05, 3.63) is 64.1 Å². The van der Waals surface area contributed by atoms with Crippen LogP contribution in [0.3, 0.4) is 0 Å². The van der Waals surface area contributed by atoms with Crippen molar-refractivity contribution in [2.75, 3.05) is 38.3 Å². The summed E-state index contributed by atoms with van der Waals surface area (Å²) in [6, 6.07) is 9.93. The SMILES string of the molecule is COc1ccc2c(COC(=O)c3ccc(N4CCOCC4)nc3)cc(=O)oc2c1. The van der Waals surface area contributed by atoms with E-state index >= 15 is 0 Å². The molecule has 150 valence electrons. The molecule has 1 aliphatic rings. The van der Waals surface area contributed by atoms with Crippen LogP contribution in [0.1, 0.15) is 15.9 Å². The maximum atomic E-state index is 12.4. The van der Waals surface area contributed by atoms with Crippen LogP contribution in [0.25, 0.3) is 11.0 Å². The number of anilines is 1. The highest BCUT2D eigenvalue weighted by atomic mass is 16.5. The Kier molecular flexibility index (Phi) is 5.44. The highest BCUT2D eigenvalue weighted by molar-refractivity contribution is 5.89. The fourth-order valence-corrected chi connectivity index (χ4v) is 3.17. The zero-order chi connectivity index (χ0) is 20.2. The van der Waals surface area contributed by atoms with Crippen molar-refractivity contribution in [1.29, 1.82) is 0 Å². The molecule has 8 nitrogen and oxygen atoms in total. The van der Waals surface area contributed by atoms with Gasteiger partial charge in [0, 0.05) is 42.4 Å². The molecular formula is C21H20N2O6. The van der Waals surface area contributed by atoms with E-state index in [1.807, 2.05) is 0 Å². The first-order chi connectivity index (χ1) is 14.1. The van der Waals surface area contributed by atoms with Gasteiger partial charge in [-0.25, -0.2) is 14.6 Å². The van der Waals surface area contributed by atoms with Crippen LogP contribution in [0.2, 0.25) is 0 Å². The van der Waals surface area contributed by atoms with E-state index in [0.717, 1.165) is 18.9 Å². The number of hydrogen-bond donors (Lipinski definition) is 0. The van der Waals surface area contributed by atoms with Crippen LogP contribution >= 0.6 is 0 Å². The third-order valence-electron chi connectivity index (χ3n) is 4.71. The van der Waals surface area contributed by atoms with Gasteiger partial charge in [0.05, 0.1) is 25.9 Å². The summed E-state index contributed by atoms with van der Waals surface area (Å²) in [5.74, 6) is 0.854. The molecule has 4 rings (SSSR count). The van der Waals surface area contributed by atoms with Crippen LogP contribution in [0.15, 0.2) is 51.8 Å². The topological polar surface area (TPSA) is 91.1 Å². The minimum Gasteiger partial charge on any atom is -0.497 e. The molecule has 29 heavy (non-hydrogen) atoms. The van der Waals surface area contributed by atoms with Gasteiger partial charge in [-0.05, 0) is 24.3 Å². The quantitative estimate of drug-likeness (QED) is 0.480. The van der Waals surface area contributed by atoms with Gasteiger partial charge in [0.2, 0.25) is 0 Å². The van der Waals surface area contributed by atoms with Crippen molar-refractivity contribution < 1.29 is 23.4 Å².